The van der Waals surface area contributed by atoms with Crippen LogP contribution < -0.4 is 9.62 Å². The summed E-state index contributed by atoms with van der Waals surface area (Å²) in [5, 5.41) is 1.25. The number of hydrogen-bond acceptors (Lipinski definition) is 6. The Balaban J connectivity index is 1.13. The summed E-state index contributed by atoms with van der Waals surface area (Å²) in [7, 11) is -3.58. The Hall–Kier alpha value is -2.94. The van der Waals surface area contributed by atoms with Gasteiger partial charge < -0.3 is 4.90 Å². The SMILES string of the molecule is Cc1ccc(S(=O)(=O)Nc2ccc(CCN3CCN(c4nsc5ccccc45)CC3)cc2)cc1. The van der Waals surface area contributed by atoms with Crippen LogP contribution in [0.3, 0.4) is 0 Å². The molecule has 0 unspecified atom stereocenters. The van der Waals surface area contributed by atoms with E-state index < -0.39 is 10.0 Å². The molecule has 1 N–H and O–H groups in total. The summed E-state index contributed by atoms with van der Waals surface area (Å²) in [6, 6.07) is 23.0. The van der Waals surface area contributed by atoms with Gasteiger partial charge >= 0.3 is 0 Å². The third-order valence-corrected chi connectivity index (χ3v) is 8.50. The van der Waals surface area contributed by atoms with Gasteiger partial charge in [-0.25, -0.2) is 8.42 Å². The van der Waals surface area contributed by atoms with Gasteiger partial charge in [0.25, 0.3) is 10.0 Å². The van der Waals surface area contributed by atoms with E-state index in [1.165, 1.54) is 15.6 Å². The number of nitrogens with one attached hydrogen (secondary N) is 1. The van der Waals surface area contributed by atoms with E-state index in [2.05, 4.69) is 38.8 Å². The van der Waals surface area contributed by atoms with Gasteiger partial charge in [-0.3, -0.25) is 9.62 Å². The summed E-state index contributed by atoms with van der Waals surface area (Å²) in [4.78, 5) is 5.15. The average Bonchev–Trinajstić information content (AvgIpc) is 3.28. The number of hydrogen-bond donors (Lipinski definition) is 1. The van der Waals surface area contributed by atoms with Crippen LogP contribution in [0.2, 0.25) is 0 Å². The van der Waals surface area contributed by atoms with Gasteiger partial charge in [0.15, 0.2) is 0 Å². The molecule has 3 aromatic carbocycles. The Kier molecular flexibility index (Phi) is 6.54. The highest BCUT2D eigenvalue weighted by molar-refractivity contribution is 7.92. The Morgan fingerprint density at radius 2 is 1.62 bits per heavy atom. The maximum Gasteiger partial charge on any atom is 0.261 e. The van der Waals surface area contributed by atoms with Crippen LogP contribution >= 0.6 is 11.5 Å². The molecule has 0 spiro atoms. The van der Waals surface area contributed by atoms with Gasteiger partial charge in [0, 0.05) is 43.8 Å². The fourth-order valence-electron chi connectivity index (χ4n) is 4.24. The van der Waals surface area contributed by atoms with Crippen LogP contribution in [0.15, 0.2) is 77.7 Å². The third-order valence-electron chi connectivity index (χ3n) is 6.28. The van der Waals surface area contributed by atoms with Gasteiger partial charge in [0.2, 0.25) is 0 Å². The van der Waals surface area contributed by atoms with Gasteiger partial charge in [-0.2, -0.15) is 4.37 Å². The Bertz CT molecular complexity index is 1360. The number of benzene rings is 3. The molecule has 0 amide bonds. The summed E-state index contributed by atoms with van der Waals surface area (Å²) in [6.45, 7) is 6.91. The van der Waals surface area contributed by atoms with Crippen LogP contribution in [-0.4, -0.2) is 50.4 Å². The van der Waals surface area contributed by atoms with Gasteiger partial charge in [-0.1, -0.05) is 42.0 Å². The number of fused-ring (bicyclic) bond motifs is 1. The second-order valence-electron chi connectivity index (χ2n) is 8.70. The number of nitrogens with zero attached hydrogens (tertiary/aromatic N) is 3. The minimum atomic E-state index is -3.58. The van der Waals surface area contributed by atoms with Crippen molar-refractivity contribution in [3.05, 3.63) is 83.9 Å². The number of rotatable bonds is 7. The summed E-state index contributed by atoms with van der Waals surface area (Å²) in [6.07, 6.45) is 0.935. The average molecular weight is 493 g/mol. The van der Waals surface area contributed by atoms with Crippen molar-refractivity contribution in [2.24, 2.45) is 0 Å². The van der Waals surface area contributed by atoms with Gasteiger partial charge in [0.05, 0.1) is 9.60 Å². The minimum absolute atomic E-state index is 0.270. The van der Waals surface area contributed by atoms with Crippen molar-refractivity contribution in [3.63, 3.8) is 0 Å². The molecule has 34 heavy (non-hydrogen) atoms. The summed E-state index contributed by atoms with van der Waals surface area (Å²) in [5.41, 5.74) is 2.81. The number of sulfonamides is 1. The maximum atomic E-state index is 12.6. The quantitative estimate of drug-likeness (QED) is 0.403. The maximum absolute atomic E-state index is 12.6. The van der Waals surface area contributed by atoms with E-state index in [0.717, 1.165) is 50.5 Å². The van der Waals surface area contributed by atoms with E-state index in [1.807, 2.05) is 31.2 Å². The fourth-order valence-corrected chi connectivity index (χ4v) is 6.10. The van der Waals surface area contributed by atoms with Crippen LogP contribution in [-0.2, 0) is 16.4 Å². The zero-order chi connectivity index (χ0) is 23.5. The van der Waals surface area contributed by atoms with Crippen LogP contribution in [0, 0.1) is 6.92 Å². The number of aromatic nitrogens is 1. The second kappa shape index (κ2) is 9.74. The van der Waals surface area contributed by atoms with Crippen LogP contribution in [0.5, 0.6) is 0 Å². The molecular formula is C26H28N4O2S2. The standard InChI is InChI=1S/C26H28N4O2S2/c1-20-6-12-23(13-7-20)34(31,32)28-22-10-8-21(9-11-22)14-15-29-16-18-30(19-17-29)26-24-4-2-3-5-25(24)33-27-26/h2-13,28H,14-19H2,1H3. The van der Waals surface area contributed by atoms with Gasteiger partial charge in [0.1, 0.15) is 5.82 Å². The number of piperazine rings is 1. The molecule has 176 valence electrons. The third kappa shape index (κ3) is 5.09. The molecule has 1 aliphatic heterocycles. The molecule has 1 aliphatic rings. The first-order valence-electron chi connectivity index (χ1n) is 11.5. The van der Waals surface area contributed by atoms with Crippen molar-refractivity contribution in [1.29, 1.82) is 0 Å². The molecule has 2 heterocycles. The monoisotopic (exact) mass is 492 g/mol. The minimum Gasteiger partial charge on any atom is -0.353 e. The van der Waals surface area contributed by atoms with Crippen molar-refractivity contribution in [1.82, 2.24) is 9.27 Å². The lowest BCUT2D eigenvalue weighted by molar-refractivity contribution is 0.261. The predicted molar refractivity (Wildman–Crippen MR) is 140 cm³/mol. The highest BCUT2D eigenvalue weighted by atomic mass is 32.2. The molecule has 5 rings (SSSR count). The summed E-state index contributed by atoms with van der Waals surface area (Å²) in [5.74, 6) is 1.11. The highest BCUT2D eigenvalue weighted by Crippen LogP contribution is 2.29. The van der Waals surface area contributed by atoms with Crippen molar-refractivity contribution in [3.8, 4) is 0 Å². The molecule has 4 aromatic rings. The lowest BCUT2D eigenvalue weighted by Crippen LogP contribution is -2.47. The van der Waals surface area contributed by atoms with Crippen molar-refractivity contribution in [2.75, 3.05) is 42.3 Å². The Labute approximate surface area is 205 Å². The first kappa shape index (κ1) is 22.8. The van der Waals surface area contributed by atoms with E-state index in [-0.39, 0.29) is 4.90 Å². The van der Waals surface area contributed by atoms with E-state index in [4.69, 9.17) is 4.37 Å². The summed E-state index contributed by atoms with van der Waals surface area (Å²) < 4.78 is 33.8. The molecule has 6 nitrogen and oxygen atoms in total. The zero-order valence-corrected chi connectivity index (χ0v) is 20.8. The molecule has 0 radical (unpaired) electrons. The van der Waals surface area contributed by atoms with Crippen molar-refractivity contribution >= 4 is 43.1 Å². The topological polar surface area (TPSA) is 65.5 Å². The molecule has 0 saturated carbocycles. The molecule has 1 fully saturated rings. The Morgan fingerprint density at radius 1 is 0.912 bits per heavy atom. The van der Waals surface area contributed by atoms with Gasteiger partial charge in [-0.05, 0) is 66.8 Å². The van der Waals surface area contributed by atoms with Crippen LogP contribution in [0.25, 0.3) is 10.1 Å². The lowest BCUT2D eigenvalue weighted by Gasteiger charge is -2.35. The normalized spacial score (nSPS) is 15.0. The number of anilines is 2. The van der Waals surface area contributed by atoms with E-state index in [0.29, 0.717) is 5.69 Å². The zero-order valence-electron chi connectivity index (χ0n) is 19.1. The first-order valence-corrected chi connectivity index (χ1v) is 13.7. The molecular weight excluding hydrogens is 464 g/mol. The first-order chi connectivity index (χ1) is 16.5. The van der Waals surface area contributed by atoms with E-state index >= 15 is 0 Å². The van der Waals surface area contributed by atoms with Crippen LogP contribution in [0.1, 0.15) is 11.1 Å². The summed E-state index contributed by atoms with van der Waals surface area (Å²) >= 11 is 1.57. The lowest BCUT2D eigenvalue weighted by atomic mass is 10.1. The molecule has 0 atom stereocenters. The van der Waals surface area contributed by atoms with E-state index in [9.17, 15) is 8.42 Å². The molecule has 1 aromatic heterocycles. The number of aryl methyl sites for hydroxylation is 1. The van der Waals surface area contributed by atoms with Crippen molar-refractivity contribution < 1.29 is 8.42 Å². The van der Waals surface area contributed by atoms with Gasteiger partial charge in [-0.15, -0.1) is 0 Å². The smallest absolute Gasteiger partial charge is 0.261 e. The fraction of sp³-hybridized carbons (Fsp3) is 0.269. The highest BCUT2D eigenvalue weighted by Gasteiger charge is 2.20. The molecule has 8 heteroatoms. The second-order valence-corrected chi connectivity index (χ2v) is 11.2. The van der Waals surface area contributed by atoms with Crippen LogP contribution in [0.4, 0.5) is 11.5 Å². The molecule has 0 aliphatic carbocycles. The molecule has 0 bridgehead atoms. The van der Waals surface area contributed by atoms with E-state index in [1.54, 1.807) is 35.8 Å². The predicted octanol–water partition coefficient (Wildman–Crippen LogP) is 4.77. The van der Waals surface area contributed by atoms with Crippen molar-refractivity contribution in [2.45, 2.75) is 18.2 Å². The molecule has 1 saturated heterocycles. The Morgan fingerprint density at radius 3 is 2.35 bits per heavy atom. The largest absolute Gasteiger partial charge is 0.353 e.